The van der Waals surface area contributed by atoms with Gasteiger partial charge in [0.2, 0.25) is 5.91 Å². The van der Waals surface area contributed by atoms with Gasteiger partial charge in [-0.05, 0) is 88.1 Å². The highest BCUT2D eigenvalue weighted by Crippen LogP contribution is 2.25. The molecule has 0 spiro atoms. The van der Waals surface area contributed by atoms with Gasteiger partial charge in [0, 0.05) is 25.2 Å². The summed E-state index contributed by atoms with van der Waals surface area (Å²) in [6, 6.07) is 23.1. The number of benzene rings is 3. The molecule has 1 fully saturated rings. The lowest BCUT2D eigenvalue weighted by molar-refractivity contribution is -0.120. The van der Waals surface area contributed by atoms with Crippen LogP contribution in [-0.4, -0.2) is 63.0 Å². The van der Waals surface area contributed by atoms with Crippen LogP contribution in [0.15, 0.2) is 89.8 Å². The number of likely N-dealkylation sites (tertiary alicyclic amines) is 1. The van der Waals surface area contributed by atoms with Crippen molar-refractivity contribution >= 4 is 39.3 Å². The van der Waals surface area contributed by atoms with Crippen LogP contribution in [0.25, 0.3) is 0 Å². The molecule has 0 saturated carbocycles. The van der Waals surface area contributed by atoms with Crippen molar-refractivity contribution in [3.8, 4) is 0 Å². The topological polar surface area (TPSA) is 137 Å². The van der Waals surface area contributed by atoms with E-state index in [4.69, 9.17) is 4.74 Å². The summed E-state index contributed by atoms with van der Waals surface area (Å²) in [4.78, 5) is 39.0. The molecule has 234 valence electrons. The highest BCUT2D eigenvalue weighted by molar-refractivity contribution is 7.92. The Hall–Kier alpha value is -4.58. The average molecular weight is 622 g/mol. The van der Waals surface area contributed by atoms with Gasteiger partial charge < -0.3 is 20.3 Å². The Labute approximate surface area is 258 Å². The number of carbonyl (C=O) groups excluding carboxylic acids is 3. The zero-order valence-electron chi connectivity index (χ0n) is 25.2. The standard InChI is InChI=1S/C32H39N5O6S/c1-32(2,3)43-31(40)36-20-18-24(19-21-36)22-33-29(38)23-34-30(39)25-14-16-28(17-15-25)44(41,42)37(27-12-8-5-9-13-27)35-26-10-6-4-7-11-26/h4-17,24,35H,18-23H2,1-3H3,(H,33,38)(H,34,39). The van der Waals surface area contributed by atoms with Gasteiger partial charge in [0.05, 0.1) is 22.8 Å². The number of nitrogens with one attached hydrogen (secondary N) is 3. The Morgan fingerprint density at radius 3 is 2.05 bits per heavy atom. The minimum atomic E-state index is -4.06. The summed E-state index contributed by atoms with van der Waals surface area (Å²) in [5.41, 5.74) is 3.62. The molecular weight excluding hydrogens is 582 g/mol. The summed E-state index contributed by atoms with van der Waals surface area (Å²) in [6.07, 6.45) is 1.15. The molecule has 3 N–H and O–H groups in total. The smallest absolute Gasteiger partial charge is 0.410 e. The van der Waals surface area contributed by atoms with Crippen LogP contribution in [0.3, 0.4) is 0 Å². The number of rotatable bonds is 10. The van der Waals surface area contributed by atoms with Crippen LogP contribution >= 0.6 is 0 Å². The number of sulfonamides is 1. The average Bonchev–Trinajstić information content (AvgIpc) is 3.01. The molecule has 0 aromatic heterocycles. The third-order valence-electron chi connectivity index (χ3n) is 6.91. The zero-order chi connectivity index (χ0) is 31.7. The fraction of sp³-hybridized carbons (Fsp3) is 0.344. The quantitative estimate of drug-likeness (QED) is 0.286. The second kappa shape index (κ2) is 14.3. The molecule has 1 aliphatic heterocycles. The van der Waals surface area contributed by atoms with Gasteiger partial charge in [0.15, 0.2) is 0 Å². The Morgan fingerprint density at radius 2 is 1.45 bits per heavy atom. The second-order valence-electron chi connectivity index (χ2n) is 11.5. The number of hydrogen-bond donors (Lipinski definition) is 3. The maximum absolute atomic E-state index is 13.6. The SMILES string of the molecule is CC(C)(C)OC(=O)N1CCC(CNC(=O)CNC(=O)c2ccc(S(=O)(=O)N(Nc3ccccc3)c3ccccc3)cc2)CC1. The summed E-state index contributed by atoms with van der Waals surface area (Å²) in [7, 11) is -4.06. The van der Waals surface area contributed by atoms with Crippen molar-refractivity contribution in [3.05, 3.63) is 90.5 Å². The first kappa shape index (κ1) is 32.3. The summed E-state index contributed by atoms with van der Waals surface area (Å²) in [5.74, 6) is -0.621. The lowest BCUT2D eigenvalue weighted by Gasteiger charge is -2.33. The minimum absolute atomic E-state index is 0.0169. The fourth-order valence-electron chi connectivity index (χ4n) is 4.57. The Morgan fingerprint density at radius 1 is 0.864 bits per heavy atom. The van der Waals surface area contributed by atoms with E-state index in [0.29, 0.717) is 31.0 Å². The number of piperidine rings is 1. The van der Waals surface area contributed by atoms with E-state index in [1.807, 2.05) is 26.8 Å². The van der Waals surface area contributed by atoms with Crippen molar-refractivity contribution in [2.24, 2.45) is 5.92 Å². The van der Waals surface area contributed by atoms with Crippen LogP contribution in [0.1, 0.15) is 44.0 Å². The van der Waals surface area contributed by atoms with Gasteiger partial charge in [-0.2, -0.15) is 12.8 Å². The first-order valence-corrected chi connectivity index (χ1v) is 15.9. The largest absolute Gasteiger partial charge is 0.444 e. The van der Waals surface area contributed by atoms with Crippen molar-refractivity contribution in [2.75, 3.05) is 36.0 Å². The summed E-state index contributed by atoms with van der Waals surface area (Å²) in [6.45, 7) is 6.83. The van der Waals surface area contributed by atoms with Crippen LogP contribution in [0.5, 0.6) is 0 Å². The lowest BCUT2D eigenvalue weighted by atomic mass is 9.97. The number of carbonyl (C=O) groups is 3. The van der Waals surface area contributed by atoms with Gasteiger partial charge in [-0.25, -0.2) is 4.79 Å². The van der Waals surface area contributed by atoms with Crippen molar-refractivity contribution in [1.82, 2.24) is 15.5 Å². The zero-order valence-corrected chi connectivity index (χ0v) is 26.0. The number of nitrogens with zero attached hydrogens (tertiary/aromatic N) is 2. The molecule has 1 saturated heterocycles. The first-order chi connectivity index (χ1) is 20.9. The monoisotopic (exact) mass is 621 g/mol. The predicted octanol–water partition coefficient (Wildman–Crippen LogP) is 4.40. The fourth-order valence-corrected chi connectivity index (χ4v) is 5.89. The molecule has 44 heavy (non-hydrogen) atoms. The van der Waals surface area contributed by atoms with E-state index in [-0.39, 0.29) is 34.9 Å². The number of amides is 3. The van der Waals surface area contributed by atoms with E-state index in [2.05, 4.69) is 16.1 Å². The molecule has 0 aliphatic carbocycles. The van der Waals surface area contributed by atoms with Crippen LogP contribution < -0.4 is 20.5 Å². The maximum atomic E-state index is 13.6. The molecule has 3 aromatic rings. The van der Waals surface area contributed by atoms with Gasteiger partial charge in [0.25, 0.3) is 15.9 Å². The lowest BCUT2D eigenvalue weighted by Crippen LogP contribution is -2.44. The van der Waals surface area contributed by atoms with Crippen LogP contribution in [-0.2, 0) is 19.6 Å². The molecule has 1 heterocycles. The van der Waals surface area contributed by atoms with Crippen molar-refractivity contribution < 1.29 is 27.5 Å². The van der Waals surface area contributed by atoms with Crippen LogP contribution in [0, 0.1) is 5.92 Å². The van der Waals surface area contributed by atoms with Crippen LogP contribution in [0.4, 0.5) is 16.2 Å². The van der Waals surface area contributed by atoms with Crippen LogP contribution in [0.2, 0.25) is 0 Å². The van der Waals surface area contributed by atoms with Crippen molar-refractivity contribution in [3.63, 3.8) is 0 Å². The van der Waals surface area contributed by atoms with E-state index in [0.717, 1.165) is 17.3 Å². The Kier molecular flexibility index (Phi) is 10.5. The second-order valence-corrected chi connectivity index (χ2v) is 13.3. The number of hydrogen-bond acceptors (Lipinski definition) is 7. The molecule has 1 aliphatic rings. The van der Waals surface area contributed by atoms with Gasteiger partial charge >= 0.3 is 6.09 Å². The minimum Gasteiger partial charge on any atom is -0.444 e. The normalized spacial score (nSPS) is 13.9. The Balaban J connectivity index is 1.28. The van der Waals surface area contributed by atoms with E-state index >= 15 is 0 Å². The first-order valence-electron chi connectivity index (χ1n) is 14.5. The predicted molar refractivity (Wildman–Crippen MR) is 168 cm³/mol. The molecule has 0 radical (unpaired) electrons. The van der Waals surface area contributed by atoms with Gasteiger partial charge in [-0.3, -0.25) is 15.0 Å². The van der Waals surface area contributed by atoms with Gasteiger partial charge in [0.1, 0.15) is 5.60 Å². The van der Waals surface area contributed by atoms with Crippen molar-refractivity contribution in [1.29, 1.82) is 0 Å². The summed E-state index contributed by atoms with van der Waals surface area (Å²) < 4.78 is 33.8. The molecule has 0 bridgehead atoms. The Bertz CT molecular complexity index is 1520. The summed E-state index contributed by atoms with van der Waals surface area (Å²) >= 11 is 0. The maximum Gasteiger partial charge on any atom is 0.410 e. The highest BCUT2D eigenvalue weighted by Gasteiger charge is 2.28. The van der Waals surface area contributed by atoms with E-state index < -0.39 is 21.5 Å². The molecule has 0 atom stereocenters. The van der Waals surface area contributed by atoms with Gasteiger partial charge in [-0.1, -0.05) is 36.4 Å². The third kappa shape index (κ3) is 8.96. The summed E-state index contributed by atoms with van der Waals surface area (Å²) in [5, 5.41) is 5.42. The molecule has 3 amide bonds. The van der Waals surface area contributed by atoms with Gasteiger partial charge in [-0.15, -0.1) is 0 Å². The van der Waals surface area contributed by atoms with E-state index in [9.17, 15) is 22.8 Å². The third-order valence-corrected chi connectivity index (χ3v) is 8.56. The molecule has 11 nitrogen and oxygen atoms in total. The molecule has 3 aromatic carbocycles. The molecule has 12 heteroatoms. The molecule has 0 unspecified atom stereocenters. The number of anilines is 2. The van der Waals surface area contributed by atoms with E-state index in [1.54, 1.807) is 59.5 Å². The number of para-hydroxylation sites is 2. The molecular formula is C32H39N5O6S. The number of ether oxygens (including phenoxy) is 1. The number of hydrazine groups is 1. The molecule has 4 rings (SSSR count). The van der Waals surface area contributed by atoms with Crippen molar-refractivity contribution in [2.45, 2.75) is 44.1 Å². The van der Waals surface area contributed by atoms with E-state index in [1.165, 1.54) is 24.3 Å². The highest BCUT2D eigenvalue weighted by atomic mass is 32.2.